The van der Waals surface area contributed by atoms with Crippen LogP contribution in [0.2, 0.25) is 0 Å². The van der Waals surface area contributed by atoms with Crippen molar-refractivity contribution in [3.8, 4) is 0 Å². The summed E-state index contributed by atoms with van der Waals surface area (Å²) < 4.78 is 34.8. The smallest absolute Gasteiger partial charge is 0.335 e. The Morgan fingerprint density at radius 3 is 2.36 bits per heavy atom. The van der Waals surface area contributed by atoms with Crippen molar-refractivity contribution in [1.29, 1.82) is 0 Å². The van der Waals surface area contributed by atoms with Crippen molar-refractivity contribution in [2.75, 3.05) is 36.6 Å². The molecule has 3 aromatic carbocycles. The van der Waals surface area contributed by atoms with Crippen LogP contribution in [0.15, 0.2) is 65.7 Å². The molecule has 12 heteroatoms. The van der Waals surface area contributed by atoms with Gasteiger partial charge in [0, 0.05) is 40.6 Å². The molecule has 0 unspecified atom stereocenters. The Morgan fingerprint density at radius 1 is 1.05 bits per heavy atom. The third kappa shape index (κ3) is 4.36. The molecule has 1 N–H and O–H groups in total. The van der Waals surface area contributed by atoms with Crippen LogP contribution in [0.5, 0.6) is 0 Å². The maximum absolute atomic E-state index is 13.5. The number of imidazole rings is 1. The second-order valence-corrected chi connectivity index (χ2v) is 10.1. The van der Waals surface area contributed by atoms with Crippen LogP contribution in [0.3, 0.4) is 0 Å². The molecule has 1 aliphatic rings. The fraction of sp³-hybridized carbons (Fsp3) is 0.222. The van der Waals surface area contributed by atoms with Crippen molar-refractivity contribution in [2.24, 2.45) is 7.05 Å². The number of rotatable bonds is 6. The van der Waals surface area contributed by atoms with Crippen LogP contribution in [0.1, 0.15) is 17.3 Å². The number of hydrogen-bond donors (Lipinski definition) is 1. The molecule has 0 bridgehead atoms. The van der Waals surface area contributed by atoms with Gasteiger partial charge in [0.05, 0.1) is 32.0 Å². The van der Waals surface area contributed by atoms with E-state index in [9.17, 15) is 27.7 Å². The molecule has 0 atom stereocenters. The van der Waals surface area contributed by atoms with Crippen molar-refractivity contribution < 1.29 is 31.6 Å². The van der Waals surface area contributed by atoms with E-state index in [1.165, 1.54) is 0 Å². The number of aryl methyl sites for hydroxylation is 1. The lowest BCUT2D eigenvalue weighted by atomic mass is 10.00. The second-order valence-electron chi connectivity index (χ2n) is 8.98. The lowest BCUT2D eigenvalue weighted by Crippen LogP contribution is -2.31. The number of hydrogen-bond acceptors (Lipinski definition) is 8. The largest absolute Gasteiger partial charge is 0.726 e. The first-order valence-electron chi connectivity index (χ1n) is 12.1. The molecule has 0 spiro atoms. The van der Waals surface area contributed by atoms with Crippen molar-refractivity contribution in [3.63, 3.8) is 0 Å². The van der Waals surface area contributed by atoms with E-state index < -0.39 is 10.4 Å². The average molecular weight is 551 g/mol. The first-order chi connectivity index (χ1) is 18.6. The molecule has 5 aromatic rings. The quantitative estimate of drug-likeness (QED) is 0.193. The number of aliphatic hydroxyl groups is 1. The second kappa shape index (κ2) is 9.89. The summed E-state index contributed by atoms with van der Waals surface area (Å²) in [5.41, 5.74) is 4.63. The zero-order chi connectivity index (χ0) is 28.1. The van der Waals surface area contributed by atoms with E-state index in [2.05, 4.69) is 9.08 Å². The van der Waals surface area contributed by atoms with Crippen LogP contribution in [0.25, 0.3) is 27.3 Å². The minimum atomic E-state index is -4.41. The highest BCUT2D eigenvalue weighted by atomic mass is 32.3. The summed E-state index contributed by atoms with van der Waals surface area (Å²) in [6.45, 7) is 3.47. The van der Waals surface area contributed by atoms with Gasteiger partial charge in [0.25, 0.3) is 11.3 Å². The molecule has 0 aliphatic carbocycles. The molecule has 0 fully saturated rings. The van der Waals surface area contributed by atoms with Gasteiger partial charge in [-0.25, -0.2) is 13.0 Å². The van der Waals surface area contributed by atoms with Gasteiger partial charge in [-0.1, -0.05) is 0 Å². The predicted octanol–water partition coefficient (Wildman–Crippen LogP) is 2.07. The van der Waals surface area contributed by atoms with Crippen LogP contribution < -0.4 is 19.8 Å². The molecule has 6 rings (SSSR count). The van der Waals surface area contributed by atoms with Crippen LogP contribution in [0, 0.1) is 0 Å². The van der Waals surface area contributed by atoms with Gasteiger partial charge in [-0.3, -0.25) is 18.7 Å². The predicted molar refractivity (Wildman–Crippen MR) is 146 cm³/mol. The number of carbonyl (C=O) groups is 1. The van der Waals surface area contributed by atoms with E-state index in [0.717, 1.165) is 47.0 Å². The van der Waals surface area contributed by atoms with Gasteiger partial charge in [-0.05, 0) is 55.5 Å². The molecule has 0 radical (unpaired) electrons. The third-order valence-corrected chi connectivity index (χ3v) is 7.34. The average Bonchev–Trinajstić information content (AvgIpc) is 3.45. The number of benzene rings is 3. The summed E-state index contributed by atoms with van der Waals surface area (Å²) >= 11 is 0. The Bertz CT molecular complexity index is 1890. The molecule has 2 aromatic heterocycles. The van der Waals surface area contributed by atoms with Gasteiger partial charge in [-0.15, -0.1) is 0 Å². The van der Waals surface area contributed by atoms with Gasteiger partial charge in [0.1, 0.15) is 17.9 Å². The summed E-state index contributed by atoms with van der Waals surface area (Å²) in [4.78, 5) is 30.6. The van der Waals surface area contributed by atoms with Gasteiger partial charge >= 0.3 is 5.65 Å². The maximum Gasteiger partial charge on any atom is 0.335 e. The highest BCUT2D eigenvalue weighted by molar-refractivity contribution is 7.80. The van der Waals surface area contributed by atoms with Gasteiger partial charge in [0.15, 0.2) is 0 Å². The Morgan fingerprint density at radius 2 is 1.74 bits per heavy atom. The van der Waals surface area contributed by atoms with E-state index >= 15 is 0 Å². The van der Waals surface area contributed by atoms with Gasteiger partial charge < -0.3 is 14.6 Å². The minimum Gasteiger partial charge on any atom is -0.726 e. The number of aromatic nitrogens is 2. The van der Waals surface area contributed by atoms with Gasteiger partial charge in [0.2, 0.25) is 10.4 Å². The number of carbonyl (C=O) groups excluding carboxylic acids is 1. The first-order valence-corrected chi connectivity index (χ1v) is 13.5. The lowest BCUT2D eigenvalue weighted by Gasteiger charge is -2.23. The maximum atomic E-state index is 13.5. The van der Waals surface area contributed by atoms with Crippen molar-refractivity contribution in [1.82, 2.24) is 4.40 Å². The minimum absolute atomic E-state index is 0.0440. The molecule has 0 saturated carbocycles. The van der Waals surface area contributed by atoms with Crippen LogP contribution >= 0.6 is 0 Å². The number of aliphatic hydroxyl groups excluding tert-OH is 1. The molecular formula is C27H26N4O7S. The van der Waals surface area contributed by atoms with E-state index in [4.69, 9.17) is 0 Å². The van der Waals surface area contributed by atoms with Crippen LogP contribution in [-0.2, 0) is 21.6 Å². The van der Waals surface area contributed by atoms with E-state index in [-0.39, 0.29) is 17.9 Å². The Balaban J connectivity index is 0.000000465. The monoisotopic (exact) mass is 550 g/mol. The number of likely N-dealkylation sites (N-methyl/N-ethyl adjacent to an activating group) is 1. The SMILES string of the molecule is CCN(CCO)c1ccc(N2C(=O)c3ccc4c(=O)c5n(cc[n+]5C)c5ccc2c3c45)cc1.COS(=O)(=O)[O-]. The number of anilines is 3. The fourth-order valence-electron chi connectivity index (χ4n) is 5.17. The standard InChI is InChI=1S/C26H23N4O3.CH4O4S/c1-3-28(14-15-31)16-4-6-17(7-5-16)30-21-11-10-20-22-18(8-9-19(23(21)22)26(30)33)24(32)25-27(2)12-13-29(20)25;1-5-6(2,3)4/h4-13,31H,3,14-15H2,1-2H3;1H3,(H,2,3,4)/q+1;/p-1. The molecule has 11 nitrogen and oxygen atoms in total. The summed E-state index contributed by atoms with van der Waals surface area (Å²) in [5, 5.41) is 11.6. The molecule has 1 amide bonds. The summed E-state index contributed by atoms with van der Waals surface area (Å²) in [6, 6.07) is 15.3. The van der Waals surface area contributed by atoms with Crippen molar-refractivity contribution in [2.45, 2.75) is 6.92 Å². The molecular weight excluding hydrogens is 524 g/mol. The fourth-order valence-corrected chi connectivity index (χ4v) is 5.17. The highest BCUT2D eigenvalue weighted by Gasteiger charge is 2.34. The van der Waals surface area contributed by atoms with Crippen molar-refractivity contribution >= 4 is 60.7 Å². The van der Waals surface area contributed by atoms with Crippen LogP contribution in [-0.4, -0.2) is 55.2 Å². The Hall–Kier alpha value is -4.10. The van der Waals surface area contributed by atoms with E-state index in [1.807, 2.05) is 71.7 Å². The Kier molecular flexibility index (Phi) is 6.72. The number of pyridine rings is 1. The number of nitrogens with zero attached hydrogens (tertiary/aromatic N) is 4. The lowest BCUT2D eigenvalue weighted by molar-refractivity contribution is -0.644. The summed E-state index contributed by atoms with van der Waals surface area (Å²) in [7, 11) is -1.74. The van der Waals surface area contributed by atoms with Crippen LogP contribution in [0.4, 0.5) is 17.1 Å². The van der Waals surface area contributed by atoms with Crippen molar-refractivity contribution in [3.05, 3.63) is 76.7 Å². The number of amides is 1. The number of fused-ring (bicyclic) bond motifs is 2. The van der Waals surface area contributed by atoms with E-state index in [1.54, 1.807) is 17.0 Å². The summed E-state index contributed by atoms with van der Waals surface area (Å²) in [6.07, 6.45) is 3.76. The molecule has 202 valence electrons. The normalized spacial score (nSPS) is 12.9. The molecule has 39 heavy (non-hydrogen) atoms. The Labute approximate surface area is 224 Å². The zero-order valence-electron chi connectivity index (χ0n) is 21.5. The molecule has 1 aliphatic heterocycles. The molecule has 3 heterocycles. The topological polar surface area (TPSA) is 136 Å². The zero-order valence-corrected chi connectivity index (χ0v) is 22.3. The van der Waals surface area contributed by atoms with Gasteiger partial charge in [-0.2, -0.15) is 4.40 Å². The molecule has 0 saturated heterocycles. The third-order valence-electron chi connectivity index (χ3n) is 6.93. The van der Waals surface area contributed by atoms with E-state index in [0.29, 0.717) is 23.1 Å². The highest BCUT2D eigenvalue weighted by Crippen LogP contribution is 2.44. The summed E-state index contributed by atoms with van der Waals surface area (Å²) in [5.74, 6) is -0.0968. The first kappa shape index (κ1) is 26.5.